The molecule has 2 saturated heterocycles. The zero-order valence-electron chi connectivity index (χ0n) is 21.1. The van der Waals surface area contributed by atoms with Gasteiger partial charge < -0.3 is 25.4 Å². The number of sulfonamides is 1. The van der Waals surface area contributed by atoms with Crippen molar-refractivity contribution in [2.45, 2.75) is 49.4 Å². The van der Waals surface area contributed by atoms with Crippen molar-refractivity contribution < 1.29 is 32.9 Å². The minimum Gasteiger partial charge on any atom is -0.491 e. The molecule has 1 amide bonds. The van der Waals surface area contributed by atoms with E-state index >= 15 is 0 Å². The van der Waals surface area contributed by atoms with E-state index in [1.54, 1.807) is 0 Å². The van der Waals surface area contributed by atoms with Gasteiger partial charge in [-0.05, 0) is 60.1 Å². The van der Waals surface area contributed by atoms with Gasteiger partial charge in [0.05, 0.1) is 6.61 Å². The minimum atomic E-state index is -3.88. The van der Waals surface area contributed by atoms with Crippen LogP contribution in [0.1, 0.15) is 42.7 Å². The van der Waals surface area contributed by atoms with Gasteiger partial charge in [0.2, 0.25) is 15.9 Å². The summed E-state index contributed by atoms with van der Waals surface area (Å²) in [6, 6.07) is 13.9. The van der Waals surface area contributed by atoms with Gasteiger partial charge in [-0.3, -0.25) is 4.79 Å². The van der Waals surface area contributed by atoms with E-state index in [9.17, 15) is 18.3 Å². The molecule has 0 aromatic heterocycles. The first kappa shape index (κ1) is 27.5. The lowest BCUT2D eigenvalue weighted by Gasteiger charge is -2.40. The van der Waals surface area contributed by atoms with Crippen molar-refractivity contribution in [3.8, 4) is 16.9 Å². The molecule has 2 aliphatic rings. The fraction of sp³-hybridized carbons (Fsp3) is 0.519. The summed E-state index contributed by atoms with van der Waals surface area (Å²) in [4.78, 5) is 12.3. The van der Waals surface area contributed by atoms with Crippen LogP contribution < -0.4 is 10.5 Å². The number of amides is 1. The van der Waals surface area contributed by atoms with E-state index in [0.29, 0.717) is 31.7 Å². The molecule has 1 atom stereocenters. The molecule has 2 heterocycles. The Morgan fingerprint density at radius 1 is 1.19 bits per heavy atom. The fourth-order valence-corrected chi connectivity index (χ4v) is 7.40. The van der Waals surface area contributed by atoms with Crippen LogP contribution in [-0.4, -0.2) is 79.2 Å². The zero-order chi connectivity index (χ0) is 26.6. The Balaban J connectivity index is 1.44. The van der Waals surface area contributed by atoms with Crippen LogP contribution in [0.5, 0.6) is 5.75 Å². The first-order chi connectivity index (χ1) is 17.7. The number of nitrogens with two attached hydrogens (primary N) is 1. The van der Waals surface area contributed by atoms with E-state index in [4.69, 9.17) is 20.3 Å². The Bertz CT molecular complexity index is 1200. The van der Waals surface area contributed by atoms with E-state index in [1.165, 1.54) is 4.31 Å². The summed E-state index contributed by atoms with van der Waals surface area (Å²) in [5, 5.41) is 18.5. The Labute approximate surface area is 218 Å². The Morgan fingerprint density at radius 3 is 2.51 bits per heavy atom. The van der Waals surface area contributed by atoms with Crippen molar-refractivity contribution in [3.05, 3.63) is 53.6 Å². The third-order valence-corrected chi connectivity index (χ3v) is 10.2. The highest BCUT2D eigenvalue weighted by Gasteiger charge is 2.53. The molecule has 2 aliphatic heterocycles. The molecule has 0 spiro atoms. The number of rotatable bonds is 9. The second-order valence-electron chi connectivity index (χ2n) is 9.90. The summed E-state index contributed by atoms with van der Waals surface area (Å²) in [7, 11) is -3.88. The maximum absolute atomic E-state index is 13.5. The predicted molar refractivity (Wildman–Crippen MR) is 140 cm³/mol. The smallest absolute Gasteiger partial charge is 0.240 e. The summed E-state index contributed by atoms with van der Waals surface area (Å²) >= 11 is 0. The summed E-state index contributed by atoms with van der Waals surface area (Å²) in [6.07, 6.45) is 0.600. The topological polar surface area (TPSA) is 139 Å². The van der Waals surface area contributed by atoms with Crippen molar-refractivity contribution in [2.24, 2.45) is 5.73 Å². The molecule has 10 heteroatoms. The quantitative estimate of drug-likeness (QED) is 0.448. The Morgan fingerprint density at radius 2 is 1.89 bits per heavy atom. The van der Waals surface area contributed by atoms with Gasteiger partial charge in [-0.2, -0.15) is 0 Å². The molecule has 0 aliphatic carbocycles. The van der Waals surface area contributed by atoms with Gasteiger partial charge in [-0.15, -0.1) is 0 Å². The van der Waals surface area contributed by atoms with E-state index in [1.807, 2.05) is 31.2 Å². The van der Waals surface area contributed by atoms with Gasteiger partial charge in [0.15, 0.2) is 4.75 Å². The van der Waals surface area contributed by atoms with Crippen molar-refractivity contribution >= 4 is 15.9 Å². The van der Waals surface area contributed by atoms with Gasteiger partial charge in [0, 0.05) is 39.1 Å². The van der Waals surface area contributed by atoms with Crippen LogP contribution in [0, 0.1) is 6.92 Å². The number of aliphatic hydroxyl groups excluding tert-OH is 2. The maximum atomic E-state index is 13.5. The number of carbonyl (C=O) groups is 1. The minimum absolute atomic E-state index is 0.0145. The Hall–Kier alpha value is -2.50. The lowest BCUT2D eigenvalue weighted by Crippen LogP contribution is -2.59. The number of nitrogens with zero attached hydrogens (tertiary/aromatic N) is 1. The Kier molecular flexibility index (Phi) is 8.55. The van der Waals surface area contributed by atoms with E-state index in [-0.39, 0.29) is 45.2 Å². The highest BCUT2D eigenvalue weighted by atomic mass is 32.2. The molecule has 202 valence electrons. The largest absolute Gasteiger partial charge is 0.491 e. The number of aryl methyl sites for hydroxylation is 1. The molecule has 2 fully saturated rings. The van der Waals surface area contributed by atoms with Gasteiger partial charge in [-0.25, -0.2) is 12.7 Å². The molecule has 0 bridgehead atoms. The van der Waals surface area contributed by atoms with Crippen LogP contribution in [-0.2, 0) is 19.6 Å². The molecule has 9 nitrogen and oxygen atoms in total. The first-order valence-corrected chi connectivity index (χ1v) is 14.1. The lowest BCUT2D eigenvalue weighted by molar-refractivity contribution is -0.123. The van der Waals surface area contributed by atoms with Crippen molar-refractivity contribution in [1.82, 2.24) is 4.31 Å². The number of carbonyl (C=O) groups excluding carboxylic acids is 1. The molecule has 4 rings (SSSR count). The van der Waals surface area contributed by atoms with Crippen molar-refractivity contribution in [2.75, 3.05) is 39.5 Å². The van der Waals surface area contributed by atoms with Crippen LogP contribution >= 0.6 is 0 Å². The van der Waals surface area contributed by atoms with Crippen molar-refractivity contribution in [3.63, 3.8) is 0 Å². The summed E-state index contributed by atoms with van der Waals surface area (Å²) < 4.78 is 37.7. The summed E-state index contributed by atoms with van der Waals surface area (Å²) in [6.45, 7) is 2.83. The van der Waals surface area contributed by atoms with Crippen LogP contribution in [0.2, 0.25) is 0 Å². The third-order valence-electron chi connectivity index (χ3n) is 7.56. The van der Waals surface area contributed by atoms with Crippen LogP contribution in [0.3, 0.4) is 0 Å². The summed E-state index contributed by atoms with van der Waals surface area (Å²) in [5.41, 5.74) is 9.90. The van der Waals surface area contributed by atoms with Crippen LogP contribution in [0.4, 0.5) is 0 Å². The molecule has 4 N–H and O–H groups in total. The predicted octanol–water partition coefficient (Wildman–Crippen LogP) is 1.94. The number of piperidine rings is 1. The average Bonchev–Trinajstić information content (AvgIpc) is 2.92. The molecule has 0 saturated carbocycles. The number of primary amides is 1. The maximum Gasteiger partial charge on any atom is 0.240 e. The fourth-order valence-electron chi connectivity index (χ4n) is 5.27. The van der Waals surface area contributed by atoms with Crippen LogP contribution in [0.15, 0.2) is 42.5 Å². The van der Waals surface area contributed by atoms with E-state index in [2.05, 4.69) is 18.2 Å². The zero-order valence-corrected chi connectivity index (χ0v) is 22.0. The lowest BCUT2D eigenvalue weighted by atomic mass is 9.87. The second kappa shape index (κ2) is 11.5. The highest BCUT2D eigenvalue weighted by Crippen LogP contribution is 2.37. The summed E-state index contributed by atoms with van der Waals surface area (Å²) in [5.74, 6) is 0.0385. The number of ether oxygens (including phenoxy) is 2. The van der Waals surface area contributed by atoms with E-state index < -0.39 is 26.8 Å². The standard InChI is InChI=1S/C27H36N2O7S/c1-19-15-21(5-6-25(19)22-3-2-4-24(16-22)36-18-23(31)17-30)20-7-11-29(12-8-20)37(33,34)27(26(28)32)9-13-35-14-10-27/h2-6,15-16,20,23,30-31H,7-14,17-18H2,1H3,(H2,28,32)/t23-/m1/s1. The van der Waals surface area contributed by atoms with Gasteiger partial charge in [0.25, 0.3) is 0 Å². The SMILES string of the molecule is Cc1cc(C2CCN(S(=O)(=O)C3(C(N)=O)CCOCC3)CC2)ccc1-c1cccc(OC[C@H](O)CO)c1. The van der Waals surface area contributed by atoms with Crippen LogP contribution in [0.25, 0.3) is 11.1 Å². The number of benzene rings is 2. The van der Waals surface area contributed by atoms with Gasteiger partial charge >= 0.3 is 0 Å². The number of hydrogen-bond acceptors (Lipinski definition) is 7. The molecule has 0 radical (unpaired) electrons. The molecule has 37 heavy (non-hydrogen) atoms. The molecule has 2 aromatic carbocycles. The molecule has 2 aromatic rings. The third kappa shape index (κ3) is 5.68. The average molecular weight is 533 g/mol. The normalized spacial score (nSPS) is 19.9. The molecular formula is C27H36N2O7S. The van der Waals surface area contributed by atoms with E-state index in [0.717, 1.165) is 22.3 Å². The monoisotopic (exact) mass is 532 g/mol. The first-order valence-electron chi connectivity index (χ1n) is 12.7. The molecular weight excluding hydrogens is 496 g/mol. The molecule has 0 unspecified atom stereocenters. The van der Waals surface area contributed by atoms with Crippen molar-refractivity contribution in [1.29, 1.82) is 0 Å². The highest BCUT2D eigenvalue weighted by molar-refractivity contribution is 7.91. The number of hydrogen-bond donors (Lipinski definition) is 3. The number of aliphatic hydroxyl groups is 2. The van der Waals surface area contributed by atoms with Gasteiger partial charge in [-0.1, -0.05) is 30.3 Å². The second-order valence-corrected chi connectivity index (χ2v) is 12.1. The van der Waals surface area contributed by atoms with Gasteiger partial charge in [0.1, 0.15) is 18.5 Å².